The van der Waals surface area contributed by atoms with E-state index in [1.807, 2.05) is 42.0 Å². The van der Waals surface area contributed by atoms with Crippen molar-refractivity contribution < 1.29 is 4.79 Å². The Kier molecular flexibility index (Phi) is 6.27. The molecule has 32 heavy (non-hydrogen) atoms. The number of hydrogen-bond acceptors (Lipinski definition) is 4. The van der Waals surface area contributed by atoms with Crippen LogP contribution in [0.4, 0.5) is 11.4 Å². The SMILES string of the molecule is C=C(N)/N=C\C(C#CC1=C(C)C=CN(c2ccc3c(c2)N(C(C)=O)CC3(C)C)C1=C)=C/C. The quantitative estimate of drug-likeness (QED) is 0.550. The maximum absolute atomic E-state index is 12.2. The molecule has 2 N–H and O–H groups in total. The summed E-state index contributed by atoms with van der Waals surface area (Å²) in [4.78, 5) is 20.1. The van der Waals surface area contributed by atoms with Crippen molar-refractivity contribution >= 4 is 23.5 Å². The lowest BCUT2D eigenvalue weighted by molar-refractivity contribution is -0.116. The van der Waals surface area contributed by atoms with Gasteiger partial charge in [0.1, 0.15) is 5.82 Å². The molecule has 2 aliphatic heterocycles. The molecule has 2 aliphatic rings. The summed E-state index contributed by atoms with van der Waals surface area (Å²) >= 11 is 0. The molecule has 0 bridgehead atoms. The Labute approximate surface area is 191 Å². The predicted octanol–water partition coefficient (Wildman–Crippen LogP) is 4.95. The zero-order valence-electron chi connectivity index (χ0n) is 19.5. The van der Waals surface area contributed by atoms with E-state index >= 15 is 0 Å². The largest absolute Gasteiger partial charge is 0.384 e. The zero-order valence-corrected chi connectivity index (χ0v) is 19.5. The molecule has 0 atom stereocenters. The lowest BCUT2D eigenvalue weighted by Crippen LogP contribution is -2.32. The van der Waals surface area contributed by atoms with E-state index in [4.69, 9.17) is 5.73 Å². The highest BCUT2D eigenvalue weighted by Crippen LogP contribution is 2.43. The smallest absolute Gasteiger partial charge is 0.223 e. The van der Waals surface area contributed by atoms with Gasteiger partial charge in [-0.2, -0.15) is 0 Å². The molecule has 0 fully saturated rings. The van der Waals surface area contributed by atoms with Crippen molar-refractivity contribution in [2.24, 2.45) is 10.7 Å². The molecule has 0 saturated carbocycles. The molecule has 0 unspecified atom stereocenters. The fourth-order valence-corrected chi connectivity index (χ4v) is 3.90. The van der Waals surface area contributed by atoms with Gasteiger partial charge >= 0.3 is 0 Å². The second-order valence-corrected chi connectivity index (χ2v) is 8.62. The van der Waals surface area contributed by atoms with Crippen LogP contribution < -0.4 is 15.5 Å². The normalized spacial score (nSPS) is 17.5. The standard InChI is InChI=1S/C27H30N4O/c1-8-22(16-29-20(4)28)9-11-24-18(2)13-14-30(19(24)3)23-10-12-25-26(15-23)31(21(5)32)17-27(25,6)7/h8,10,12-16H,3-4,17,28H2,1-2,5-7H3/b22-8-,29-16-. The van der Waals surface area contributed by atoms with E-state index in [0.717, 1.165) is 33.8 Å². The topological polar surface area (TPSA) is 61.9 Å². The third-order valence-electron chi connectivity index (χ3n) is 5.67. The Hall–Kier alpha value is -3.78. The van der Waals surface area contributed by atoms with E-state index in [-0.39, 0.29) is 17.1 Å². The summed E-state index contributed by atoms with van der Waals surface area (Å²) in [5, 5.41) is 0. The predicted molar refractivity (Wildman–Crippen MR) is 134 cm³/mol. The molecule has 0 spiro atoms. The lowest BCUT2D eigenvalue weighted by Gasteiger charge is -2.28. The summed E-state index contributed by atoms with van der Waals surface area (Å²) < 4.78 is 0. The van der Waals surface area contributed by atoms with Gasteiger partial charge in [0.25, 0.3) is 0 Å². The number of fused-ring (bicyclic) bond motifs is 1. The van der Waals surface area contributed by atoms with Crippen LogP contribution in [0.25, 0.3) is 0 Å². The van der Waals surface area contributed by atoms with Crippen molar-refractivity contribution in [1.29, 1.82) is 0 Å². The summed E-state index contributed by atoms with van der Waals surface area (Å²) in [6.07, 6.45) is 7.47. The number of hydrogen-bond donors (Lipinski definition) is 1. The minimum absolute atomic E-state index is 0.0463. The Morgan fingerprint density at radius 1 is 1.34 bits per heavy atom. The third-order valence-corrected chi connectivity index (χ3v) is 5.67. The molecule has 5 nitrogen and oxygen atoms in total. The number of anilines is 2. The molecule has 0 aliphatic carbocycles. The van der Waals surface area contributed by atoms with Crippen LogP contribution >= 0.6 is 0 Å². The minimum Gasteiger partial charge on any atom is -0.384 e. The number of rotatable bonds is 3. The van der Waals surface area contributed by atoms with Gasteiger partial charge in [0.05, 0.1) is 11.3 Å². The molecule has 164 valence electrons. The van der Waals surface area contributed by atoms with E-state index in [0.29, 0.717) is 6.54 Å². The second kappa shape index (κ2) is 8.76. The first-order chi connectivity index (χ1) is 15.0. The first-order valence-corrected chi connectivity index (χ1v) is 10.5. The maximum atomic E-state index is 12.2. The van der Waals surface area contributed by atoms with Crippen LogP contribution in [0, 0.1) is 11.8 Å². The summed E-state index contributed by atoms with van der Waals surface area (Å²) in [5.74, 6) is 6.65. The highest BCUT2D eigenvalue weighted by Gasteiger charge is 2.37. The fourth-order valence-electron chi connectivity index (χ4n) is 3.90. The molecule has 5 heteroatoms. The fraction of sp³-hybridized carbons (Fsp3) is 0.259. The van der Waals surface area contributed by atoms with Crippen LogP contribution in [0.3, 0.4) is 0 Å². The van der Waals surface area contributed by atoms with Crippen molar-refractivity contribution in [3.05, 3.63) is 83.5 Å². The van der Waals surface area contributed by atoms with E-state index in [9.17, 15) is 4.79 Å². The van der Waals surface area contributed by atoms with Crippen molar-refractivity contribution in [3.63, 3.8) is 0 Å². The van der Waals surface area contributed by atoms with Crippen LogP contribution in [-0.4, -0.2) is 18.7 Å². The number of benzene rings is 1. The Balaban J connectivity index is 1.95. The van der Waals surface area contributed by atoms with Gasteiger partial charge in [-0.25, -0.2) is 4.99 Å². The highest BCUT2D eigenvalue weighted by molar-refractivity contribution is 5.95. The summed E-state index contributed by atoms with van der Waals surface area (Å²) in [7, 11) is 0. The van der Waals surface area contributed by atoms with Gasteiger partial charge in [-0.1, -0.05) is 51.0 Å². The molecule has 0 radical (unpaired) electrons. The average Bonchev–Trinajstić information content (AvgIpc) is 3.00. The van der Waals surface area contributed by atoms with Crippen LogP contribution in [0.1, 0.15) is 40.2 Å². The van der Waals surface area contributed by atoms with Gasteiger partial charge < -0.3 is 15.5 Å². The number of carbonyl (C=O) groups is 1. The van der Waals surface area contributed by atoms with Crippen molar-refractivity contribution in [2.75, 3.05) is 16.3 Å². The Morgan fingerprint density at radius 3 is 2.69 bits per heavy atom. The number of nitrogens with zero attached hydrogens (tertiary/aromatic N) is 3. The third kappa shape index (κ3) is 4.45. The summed E-state index contributed by atoms with van der Waals surface area (Å²) in [5.41, 5.74) is 11.9. The van der Waals surface area contributed by atoms with E-state index in [1.165, 1.54) is 5.56 Å². The molecule has 1 amide bonds. The van der Waals surface area contributed by atoms with E-state index in [1.54, 1.807) is 13.1 Å². The van der Waals surface area contributed by atoms with E-state index < -0.39 is 0 Å². The van der Waals surface area contributed by atoms with Crippen LogP contribution in [-0.2, 0) is 10.2 Å². The average molecular weight is 427 g/mol. The van der Waals surface area contributed by atoms with Crippen molar-refractivity contribution in [1.82, 2.24) is 0 Å². The number of allylic oxidation sites excluding steroid dienone is 5. The number of aliphatic imine (C=N–C) groups is 1. The summed E-state index contributed by atoms with van der Waals surface area (Å²) in [6, 6.07) is 6.24. The van der Waals surface area contributed by atoms with Gasteiger partial charge in [-0.15, -0.1) is 0 Å². The Morgan fingerprint density at radius 2 is 2.06 bits per heavy atom. The molecule has 1 aromatic carbocycles. The molecule has 1 aromatic rings. The minimum atomic E-state index is -0.0827. The first-order valence-electron chi connectivity index (χ1n) is 10.5. The number of nitrogens with two attached hydrogens (primary N) is 1. The van der Waals surface area contributed by atoms with Gasteiger partial charge in [0.15, 0.2) is 0 Å². The molecular weight excluding hydrogens is 396 g/mol. The van der Waals surface area contributed by atoms with Gasteiger partial charge in [0, 0.05) is 48.2 Å². The second-order valence-electron chi connectivity index (χ2n) is 8.62. The number of amides is 1. The van der Waals surface area contributed by atoms with Gasteiger partial charge in [-0.3, -0.25) is 4.79 Å². The molecule has 0 saturated heterocycles. The van der Waals surface area contributed by atoms with E-state index in [2.05, 4.69) is 62.0 Å². The maximum Gasteiger partial charge on any atom is 0.223 e. The van der Waals surface area contributed by atoms with Gasteiger partial charge in [0.2, 0.25) is 5.91 Å². The monoisotopic (exact) mass is 426 g/mol. The number of carbonyl (C=O) groups excluding carboxylic acids is 1. The molecule has 0 aromatic heterocycles. The van der Waals surface area contributed by atoms with Crippen LogP contribution in [0.2, 0.25) is 0 Å². The lowest BCUT2D eigenvalue weighted by atomic mass is 9.87. The van der Waals surface area contributed by atoms with Crippen molar-refractivity contribution in [3.8, 4) is 11.8 Å². The Bertz CT molecular complexity index is 1180. The van der Waals surface area contributed by atoms with Crippen LogP contribution in [0.5, 0.6) is 0 Å². The first kappa shape index (κ1) is 22.9. The zero-order chi connectivity index (χ0) is 23.6. The summed E-state index contributed by atoms with van der Waals surface area (Å²) in [6.45, 7) is 18.4. The highest BCUT2D eigenvalue weighted by atomic mass is 16.2. The van der Waals surface area contributed by atoms with Gasteiger partial charge in [-0.05, 0) is 43.2 Å². The molecule has 2 heterocycles. The van der Waals surface area contributed by atoms with Crippen molar-refractivity contribution in [2.45, 2.75) is 40.0 Å². The molecule has 3 rings (SSSR count). The van der Waals surface area contributed by atoms with Crippen LogP contribution in [0.15, 0.2) is 82.9 Å². The molecular formula is C27H30N4O.